The van der Waals surface area contributed by atoms with Crippen molar-refractivity contribution < 1.29 is 19.1 Å². The second-order valence-electron chi connectivity index (χ2n) is 6.01. The van der Waals surface area contributed by atoms with Crippen LogP contribution in [0, 0.1) is 13.8 Å². The molecule has 0 aromatic heterocycles. The maximum Gasteiger partial charge on any atom is 0.335 e. The molecule has 3 aromatic rings. The lowest BCUT2D eigenvalue weighted by Gasteiger charge is -2.16. The molecule has 0 fully saturated rings. The Kier molecular flexibility index (Phi) is 4.59. The molecule has 0 spiro atoms. The molecule has 0 unspecified atom stereocenters. The largest absolute Gasteiger partial charge is 0.422 e. The number of benzene rings is 3. The topological polar surface area (TPSA) is 52.6 Å². The van der Waals surface area contributed by atoms with Crippen LogP contribution in [0.25, 0.3) is 21.5 Å². The highest BCUT2D eigenvalue weighted by Crippen LogP contribution is 2.43. The fourth-order valence-corrected chi connectivity index (χ4v) is 2.88. The summed E-state index contributed by atoms with van der Waals surface area (Å²) in [5.74, 6) is -0.264. The summed E-state index contributed by atoms with van der Waals surface area (Å²) in [6.45, 7) is 10.8. The first kappa shape index (κ1) is 17.4. The van der Waals surface area contributed by atoms with Gasteiger partial charge >= 0.3 is 11.9 Å². The maximum absolute atomic E-state index is 11.9. The molecule has 0 aliphatic rings. The van der Waals surface area contributed by atoms with E-state index in [0.717, 1.165) is 23.3 Å². The molecule has 4 nitrogen and oxygen atoms in total. The SMILES string of the molecule is C=CC(=O)Oc1c2ccc(C)cc2c(OC(=O)C=C)c2ccc(C)cc12. The highest BCUT2D eigenvalue weighted by atomic mass is 16.5. The molecule has 0 saturated carbocycles. The fraction of sp³-hybridized carbons (Fsp3) is 0.0909. The van der Waals surface area contributed by atoms with Gasteiger partial charge in [0.1, 0.15) is 11.5 Å². The second-order valence-corrected chi connectivity index (χ2v) is 6.01. The van der Waals surface area contributed by atoms with Crippen LogP contribution in [-0.4, -0.2) is 11.9 Å². The van der Waals surface area contributed by atoms with E-state index in [9.17, 15) is 9.59 Å². The van der Waals surface area contributed by atoms with E-state index in [1.54, 1.807) is 0 Å². The molecule has 3 aromatic carbocycles. The Morgan fingerprint density at radius 2 is 1.12 bits per heavy atom. The minimum Gasteiger partial charge on any atom is -0.422 e. The van der Waals surface area contributed by atoms with Gasteiger partial charge in [-0.25, -0.2) is 9.59 Å². The van der Waals surface area contributed by atoms with Gasteiger partial charge < -0.3 is 9.47 Å². The molecule has 0 aliphatic carbocycles. The first-order valence-corrected chi connectivity index (χ1v) is 8.09. The Morgan fingerprint density at radius 1 is 0.731 bits per heavy atom. The fourth-order valence-electron chi connectivity index (χ4n) is 2.88. The minimum absolute atomic E-state index is 0.419. The Labute approximate surface area is 151 Å². The third-order valence-corrected chi connectivity index (χ3v) is 4.07. The van der Waals surface area contributed by atoms with E-state index < -0.39 is 11.9 Å². The van der Waals surface area contributed by atoms with E-state index in [2.05, 4.69) is 13.2 Å². The summed E-state index contributed by atoms with van der Waals surface area (Å²) < 4.78 is 11.1. The Hall–Kier alpha value is -3.40. The van der Waals surface area contributed by atoms with E-state index in [1.807, 2.05) is 50.2 Å². The van der Waals surface area contributed by atoms with Gasteiger partial charge in [0.25, 0.3) is 0 Å². The number of esters is 2. The normalized spacial score (nSPS) is 10.5. The molecule has 0 N–H and O–H groups in total. The molecular weight excluding hydrogens is 328 g/mol. The predicted molar refractivity (Wildman–Crippen MR) is 103 cm³/mol. The zero-order valence-corrected chi connectivity index (χ0v) is 14.7. The molecule has 26 heavy (non-hydrogen) atoms. The molecule has 3 rings (SSSR count). The predicted octanol–water partition coefficient (Wildman–Crippen LogP) is 4.79. The van der Waals surface area contributed by atoms with Crippen molar-refractivity contribution in [3.63, 3.8) is 0 Å². The number of ether oxygens (including phenoxy) is 2. The maximum atomic E-state index is 11.9. The van der Waals surface area contributed by atoms with E-state index in [-0.39, 0.29) is 0 Å². The van der Waals surface area contributed by atoms with Crippen LogP contribution < -0.4 is 9.47 Å². The lowest BCUT2D eigenvalue weighted by molar-refractivity contribution is -0.129. The van der Waals surface area contributed by atoms with Gasteiger partial charge in [-0.3, -0.25) is 0 Å². The van der Waals surface area contributed by atoms with Crippen LogP contribution in [0.3, 0.4) is 0 Å². The van der Waals surface area contributed by atoms with Gasteiger partial charge in [0.15, 0.2) is 0 Å². The van der Waals surface area contributed by atoms with Crippen molar-refractivity contribution in [2.45, 2.75) is 13.8 Å². The highest BCUT2D eigenvalue weighted by molar-refractivity contribution is 6.13. The van der Waals surface area contributed by atoms with Crippen molar-refractivity contribution in [2.75, 3.05) is 0 Å². The summed E-state index contributed by atoms with van der Waals surface area (Å²) in [5, 5.41) is 2.72. The number of hydrogen-bond donors (Lipinski definition) is 0. The van der Waals surface area contributed by atoms with Crippen molar-refractivity contribution >= 4 is 33.5 Å². The Balaban J connectivity index is 2.47. The summed E-state index contributed by atoms with van der Waals surface area (Å²) in [6.07, 6.45) is 2.24. The number of rotatable bonds is 4. The Bertz CT molecular complexity index is 989. The third kappa shape index (κ3) is 3.09. The van der Waals surface area contributed by atoms with Gasteiger partial charge in [0.2, 0.25) is 0 Å². The van der Waals surface area contributed by atoms with Crippen LogP contribution in [0.15, 0.2) is 61.7 Å². The molecule has 0 aliphatic heterocycles. The van der Waals surface area contributed by atoms with Gasteiger partial charge in [-0.05, 0) is 26.0 Å². The number of hydrogen-bond acceptors (Lipinski definition) is 4. The molecule has 0 amide bonds. The van der Waals surface area contributed by atoms with E-state index in [0.29, 0.717) is 33.0 Å². The zero-order chi connectivity index (χ0) is 18.8. The van der Waals surface area contributed by atoms with Crippen molar-refractivity contribution in [3.05, 3.63) is 72.8 Å². The van der Waals surface area contributed by atoms with Crippen molar-refractivity contribution in [1.29, 1.82) is 0 Å². The summed E-state index contributed by atoms with van der Waals surface area (Å²) in [4.78, 5) is 23.8. The number of aryl methyl sites for hydroxylation is 2. The van der Waals surface area contributed by atoms with Crippen LogP contribution in [0.4, 0.5) is 0 Å². The minimum atomic E-state index is -0.550. The number of carbonyl (C=O) groups is 2. The quantitative estimate of drug-likeness (QED) is 0.295. The summed E-state index contributed by atoms with van der Waals surface area (Å²) in [5.41, 5.74) is 1.97. The molecule has 0 heterocycles. The first-order chi connectivity index (χ1) is 12.4. The van der Waals surface area contributed by atoms with Crippen molar-refractivity contribution in [1.82, 2.24) is 0 Å². The van der Waals surface area contributed by atoms with E-state index in [4.69, 9.17) is 9.47 Å². The average Bonchev–Trinajstić information content (AvgIpc) is 2.63. The summed E-state index contributed by atoms with van der Waals surface area (Å²) >= 11 is 0. The lowest BCUT2D eigenvalue weighted by Crippen LogP contribution is -2.07. The molecule has 0 atom stereocenters. The lowest BCUT2D eigenvalue weighted by atomic mass is 9.98. The molecule has 0 bridgehead atoms. The smallest absolute Gasteiger partial charge is 0.335 e. The van der Waals surface area contributed by atoms with Crippen LogP contribution in [0.5, 0.6) is 11.5 Å². The monoisotopic (exact) mass is 346 g/mol. The molecule has 4 heteroatoms. The van der Waals surface area contributed by atoms with Crippen LogP contribution in [0.1, 0.15) is 11.1 Å². The standard InChI is InChI=1S/C22H18O4/c1-5-19(23)25-21-15-9-7-14(4)12-18(15)22(26-20(24)6-2)16-10-8-13(3)11-17(16)21/h5-12H,1-2H2,3-4H3. The van der Waals surface area contributed by atoms with Gasteiger partial charge in [-0.1, -0.05) is 48.6 Å². The van der Waals surface area contributed by atoms with Crippen LogP contribution >= 0.6 is 0 Å². The molecule has 0 saturated heterocycles. The van der Waals surface area contributed by atoms with Gasteiger partial charge in [0, 0.05) is 33.7 Å². The van der Waals surface area contributed by atoms with Crippen LogP contribution in [0.2, 0.25) is 0 Å². The van der Waals surface area contributed by atoms with Crippen molar-refractivity contribution in [3.8, 4) is 11.5 Å². The molecule has 0 radical (unpaired) electrons. The molecular formula is C22H18O4. The van der Waals surface area contributed by atoms with Gasteiger partial charge in [-0.15, -0.1) is 0 Å². The summed E-state index contributed by atoms with van der Waals surface area (Å²) in [7, 11) is 0. The first-order valence-electron chi connectivity index (χ1n) is 8.09. The highest BCUT2D eigenvalue weighted by Gasteiger charge is 2.19. The average molecular weight is 346 g/mol. The molecule has 130 valence electrons. The van der Waals surface area contributed by atoms with Crippen LogP contribution in [-0.2, 0) is 9.59 Å². The number of carbonyl (C=O) groups excluding carboxylic acids is 2. The third-order valence-electron chi connectivity index (χ3n) is 4.07. The van der Waals surface area contributed by atoms with E-state index in [1.165, 1.54) is 0 Å². The number of fused-ring (bicyclic) bond motifs is 2. The second kappa shape index (κ2) is 6.84. The van der Waals surface area contributed by atoms with Gasteiger partial charge in [-0.2, -0.15) is 0 Å². The van der Waals surface area contributed by atoms with Gasteiger partial charge in [0.05, 0.1) is 0 Å². The summed E-state index contributed by atoms with van der Waals surface area (Å²) in [6, 6.07) is 11.3. The van der Waals surface area contributed by atoms with E-state index >= 15 is 0 Å². The van der Waals surface area contributed by atoms with Crippen molar-refractivity contribution in [2.24, 2.45) is 0 Å². The Morgan fingerprint density at radius 3 is 1.46 bits per heavy atom. The zero-order valence-electron chi connectivity index (χ0n) is 14.7.